The van der Waals surface area contributed by atoms with E-state index in [1.54, 1.807) is 0 Å². The molecule has 0 spiro atoms. The summed E-state index contributed by atoms with van der Waals surface area (Å²) in [5, 5.41) is 15.6. The Morgan fingerprint density at radius 2 is 1.61 bits per heavy atom. The van der Waals surface area contributed by atoms with Crippen molar-refractivity contribution in [2.45, 2.75) is 29.2 Å². The van der Waals surface area contributed by atoms with Gasteiger partial charge in [-0.15, -0.1) is 0 Å². The SMILES string of the molecule is Cc1ccc2c(c1)CC(N1CCN(C)CC1)c1ccccc1S2.O=C(O)/C=C/C(=O)O. The predicted octanol–water partition coefficient (Wildman–Crippen LogP) is 3.70. The van der Waals surface area contributed by atoms with E-state index in [9.17, 15) is 9.59 Å². The number of hydrogen-bond acceptors (Lipinski definition) is 5. The smallest absolute Gasteiger partial charge is 0.328 e. The van der Waals surface area contributed by atoms with Gasteiger partial charge in [0.25, 0.3) is 0 Å². The van der Waals surface area contributed by atoms with Gasteiger partial charge in [-0.25, -0.2) is 9.59 Å². The summed E-state index contributed by atoms with van der Waals surface area (Å²) < 4.78 is 0. The van der Waals surface area contributed by atoms with E-state index in [4.69, 9.17) is 10.2 Å². The number of nitrogens with zero attached hydrogens (tertiary/aromatic N) is 2. The van der Waals surface area contributed by atoms with Crippen LogP contribution in [0, 0.1) is 6.92 Å². The number of fused-ring (bicyclic) bond motifs is 2. The van der Waals surface area contributed by atoms with Gasteiger partial charge in [0.1, 0.15) is 0 Å². The average molecular weight is 441 g/mol. The fraction of sp³-hybridized carbons (Fsp3) is 0.333. The summed E-state index contributed by atoms with van der Waals surface area (Å²) in [5.74, 6) is -2.51. The molecule has 2 aromatic rings. The van der Waals surface area contributed by atoms with Crippen molar-refractivity contribution in [2.75, 3.05) is 33.2 Å². The maximum Gasteiger partial charge on any atom is 0.328 e. The van der Waals surface area contributed by atoms with Gasteiger partial charge in [0.15, 0.2) is 0 Å². The van der Waals surface area contributed by atoms with Crippen molar-refractivity contribution >= 4 is 23.7 Å². The highest BCUT2D eigenvalue weighted by Crippen LogP contribution is 2.43. The molecule has 0 bridgehead atoms. The zero-order valence-electron chi connectivity index (χ0n) is 17.8. The molecule has 1 atom stereocenters. The number of carboxylic acid groups (broad SMARTS) is 2. The second-order valence-corrected chi connectivity index (χ2v) is 8.90. The number of rotatable bonds is 3. The molecule has 0 aromatic heterocycles. The largest absolute Gasteiger partial charge is 0.478 e. The Labute approximate surface area is 187 Å². The molecule has 1 saturated heterocycles. The molecule has 1 unspecified atom stereocenters. The van der Waals surface area contributed by atoms with E-state index in [2.05, 4.69) is 66.2 Å². The molecule has 1 fully saturated rings. The molecule has 2 aliphatic heterocycles. The fourth-order valence-corrected chi connectivity index (χ4v) is 4.97. The van der Waals surface area contributed by atoms with Crippen LogP contribution in [-0.2, 0) is 16.0 Å². The van der Waals surface area contributed by atoms with Crippen LogP contribution < -0.4 is 0 Å². The van der Waals surface area contributed by atoms with E-state index in [-0.39, 0.29) is 0 Å². The quantitative estimate of drug-likeness (QED) is 0.705. The van der Waals surface area contributed by atoms with Crippen molar-refractivity contribution in [3.05, 3.63) is 71.3 Å². The molecular weight excluding hydrogens is 412 g/mol. The van der Waals surface area contributed by atoms with Crippen LogP contribution in [0.5, 0.6) is 0 Å². The molecule has 2 heterocycles. The first-order valence-corrected chi connectivity index (χ1v) is 11.1. The topological polar surface area (TPSA) is 81.1 Å². The van der Waals surface area contributed by atoms with Crippen molar-refractivity contribution in [3.8, 4) is 0 Å². The lowest BCUT2D eigenvalue weighted by atomic mass is 9.96. The number of carboxylic acids is 2. The van der Waals surface area contributed by atoms with Crippen LogP contribution in [0.2, 0.25) is 0 Å². The van der Waals surface area contributed by atoms with Crippen LogP contribution in [-0.4, -0.2) is 65.2 Å². The van der Waals surface area contributed by atoms with Gasteiger partial charge in [0.05, 0.1) is 0 Å². The average Bonchev–Trinajstić information content (AvgIpc) is 2.90. The Kier molecular flexibility index (Phi) is 7.90. The minimum Gasteiger partial charge on any atom is -0.478 e. The number of hydrogen-bond donors (Lipinski definition) is 2. The fourth-order valence-electron chi connectivity index (χ4n) is 3.85. The van der Waals surface area contributed by atoms with Gasteiger partial charge in [0.2, 0.25) is 0 Å². The Hall–Kier alpha value is -2.61. The molecule has 0 amide bonds. The lowest BCUT2D eigenvalue weighted by Gasteiger charge is -2.38. The highest BCUT2D eigenvalue weighted by Gasteiger charge is 2.29. The maximum absolute atomic E-state index is 9.55. The lowest BCUT2D eigenvalue weighted by molar-refractivity contribution is -0.134. The van der Waals surface area contributed by atoms with E-state index in [1.165, 1.54) is 52.7 Å². The van der Waals surface area contributed by atoms with Crippen LogP contribution in [0.25, 0.3) is 0 Å². The van der Waals surface area contributed by atoms with Gasteiger partial charge in [-0.3, -0.25) is 4.90 Å². The maximum atomic E-state index is 9.55. The number of aryl methyl sites for hydroxylation is 1. The van der Waals surface area contributed by atoms with Gasteiger partial charge in [-0.1, -0.05) is 47.7 Å². The standard InChI is InChI=1S/C20H24N2S.C4H4O4/c1-15-7-8-19-16(13-15)14-18(22-11-9-21(2)10-12-22)17-5-3-4-6-20(17)23-19;5-3(6)1-2-4(7)8/h3-8,13,18H,9-12,14H2,1-2H3;1-2H,(H,5,6)(H,7,8)/b;2-1+. The Balaban J connectivity index is 0.000000293. The number of piperazine rings is 1. The molecule has 31 heavy (non-hydrogen) atoms. The van der Waals surface area contributed by atoms with Crippen LogP contribution in [0.4, 0.5) is 0 Å². The molecule has 2 aliphatic rings. The van der Waals surface area contributed by atoms with Gasteiger partial charge in [0, 0.05) is 54.2 Å². The minimum atomic E-state index is -1.26. The van der Waals surface area contributed by atoms with E-state index >= 15 is 0 Å². The van der Waals surface area contributed by atoms with Crippen molar-refractivity contribution in [2.24, 2.45) is 0 Å². The third-order valence-electron chi connectivity index (χ3n) is 5.47. The van der Waals surface area contributed by atoms with Crippen molar-refractivity contribution < 1.29 is 19.8 Å². The molecule has 164 valence electrons. The second kappa shape index (κ2) is 10.6. The third kappa shape index (κ3) is 6.43. The van der Waals surface area contributed by atoms with Crippen LogP contribution in [0.15, 0.2) is 64.4 Å². The summed E-state index contributed by atoms with van der Waals surface area (Å²) in [6.45, 7) is 6.88. The zero-order chi connectivity index (χ0) is 22.4. The van der Waals surface area contributed by atoms with Crippen molar-refractivity contribution in [3.63, 3.8) is 0 Å². The lowest BCUT2D eigenvalue weighted by Crippen LogP contribution is -2.46. The minimum absolute atomic E-state index is 0.510. The van der Waals surface area contributed by atoms with E-state index < -0.39 is 11.9 Å². The molecule has 2 aromatic carbocycles. The van der Waals surface area contributed by atoms with E-state index in [0.29, 0.717) is 18.2 Å². The molecule has 0 aliphatic carbocycles. The van der Waals surface area contributed by atoms with Crippen molar-refractivity contribution in [1.82, 2.24) is 9.80 Å². The molecule has 6 nitrogen and oxygen atoms in total. The highest BCUT2D eigenvalue weighted by molar-refractivity contribution is 7.99. The molecular formula is C24H28N2O4S. The number of benzene rings is 2. The van der Waals surface area contributed by atoms with Crippen LogP contribution >= 0.6 is 11.8 Å². The first-order valence-electron chi connectivity index (χ1n) is 10.3. The first-order chi connectivity index (χ1) is 14.8. The number of carbonyl (C=O) groups is 2. The molecule has 7 heteroatoms. The van der Waals surface area contributed by atoms with E-state index in [0.717, 1.165) is 6.42 Å². The number of aliphatic carboxylic acids is 2. The second-order valence-electron chi connectivity index (χ2n) is 7.82. The highest BCUT2D eigenvalue weighted by atomic mass is 32.2. The third-order valence-corrected chi connectivity index (χ3v) is 6.68. The predicted molar refractivity (Wildman–Crippen MR) is 122 cm³/mol. The van der Waals surface area contributed by atoms with Gasteiger partial charge >= 0.3 is 11.9 Å². The normalized spacial score (nSPS) is 19.0. The Morgan fingerprint density at radius 3 is 2.26 bits per heavy atom. The van der Waals surface area contributed by atoms with Gasteiger partial charge in [-0.05, 0) is 43.7 Å². The van der Waals surface area contributed by atoms with Crippen LogP contribution in [0.3, 0.4) is 0 Å². The summed E-state index contributed by atoms with van der Waals surface area (Å²) in [4.78, 5) is 27.1. The first kappa shape index (κ1) is 23.1. The zero-order valence-corrected chi connectivity index (χ0v) is 18.6. The molecule has 0 radical (unpaired) electrons. The summed E-state index contributed by atoms with van der Waals surface area (Å²) in [5.41, 5.74) is 4.39. The summed E-state index contributed by atoms with van der Waals surface area (Å²) in [6.07, 6.45) is 2.25. The molecule has 4 rings (SSSR count). The molecule has 2 N–H and O–H groups in total. The van der Waals surface area contributed by atoms with Crippen LogP contribution in [0.1, 0.15) is 22.7 Å². The molecule has 0 saturated carbocycles. The van der Waals surface area contributed by atoms with E-state index in [1.807, 2.05) is 11.8 Å². The monoisotopic (exact) mass is 440 g/mol. The number of likely N-dealkylation sites (N-methyl/N-ethyl adjacent to an activating group) is 1. The summed E-state index contributed by atoms with van der Waals surface area (Å²) >= 11 is 1.94. The van der Waals surface area contributed by atoms with Crippen molar-refractivity contribution in [1.29, 1.82) is 0 Å². The summed E-state index contributed by atoms with van der Waals surface area (Å²) in [6, 6.07) is 16.4. The van der Waals surface area contributed by atoms with Gasteiger partial charge < -0.3 is 15.1 Å². The Bertz CT molecular complexity index is 952. The van der Waals surface area contributed by atoms with Gasteiger partial charge in [-0.2, -0.15) is 0 Å². The summed E-state index contributed by atoms with van der Waals surface area (Å²) in [7, 11) is 2.23. The Morgan fingerprint density at radius 1 is 0.968 bits per heavy atom.